The normalized spacial score (nSPS) is 19.2. The van der Waals surface area contributed by atoms with E-state index in [0.29, 0.717) is 6.54 Å². The van der Waals surface area contributed by atoms with Crippen LogP contribution in [0.2, 0.25) is 0 Å². The first-order valence-corrected chi connectivity index (χ1v) is 7.09. The number of carbonyl (C=O) groups excluding carboxylic acids is 1. The molecule has 1 aliphatic heterocycles. The fourth-order valence-corrected chi connectivity index (χ4v) is 2.55. The number of fused-ring (bicyclic) bond motifs is 1. The second kappa shape index (κ2) is 5.29. The van der Waals surface area contributed by atoms with Crippen LogP contribution in [0.15, 0.2) is 24.3 Å². The van der Waals surface area contributed by atoms with Crippen molar-refractivity contribution in [2.75, 3.05) is 13.2 Å². The van der Waals surface area contributed by atoms with Gasteiger partial charge in [0, 0.05) is 19.0 Å². The average molecular weight is 273 g/mol. The highest BCUT2D eigenvalue weighted by atomic mass is 16.5. The van der Waals surface area contributed by atoms with Crippen molar-refractivity contribution in [3.05, 3.63) is 35.4 Å². The van der Waals surface area contributed by atoms with Gasteiger partial charge in [0.15, 0.2) is 0 Å². The largest absolute Gasteiger partial charge is 0.493 e. The quantitative estimate of drug-likeness (QED) is 0.820. The van der Waals surface area contributed by atoms with Gasteiger partial charge < -0.3 is 15.2 Å². The number of benzene rings is 1. The summed E-state index contributed by atoms with van der Waals surface area (Å²) in [4.78, 5) is 11.7. The van der Waals surface area contributed by atoms with Gasteiger partial charge in [-0.3, -0.25) is 4.79 Å². The van der Waals surface area contributed by atoms with Crippen molar-refractivity contribution >= 4 is 12.0 Å². The number of rotatable bonds is 4. The van der Waals surface area contributed by atoms with Gasteiger partial charge in [0.05, 0.1) is 12.2 Å². The van der Waals surface area contributed by atoms with E-state index >= 15 is 0 Å². The minimum Gasteiger partial charge on any atom is -0.493 e. The Balaban J connectivity index is 1.55. The van der Waals surface area contributed by atoms with E-state index in [4.69, 9.17) is 4.74 Å². The molecule has 2 N–H and O–H groups in total. The van der Waals surface area contributed by atoms with Crippen LogP contribution in [0.5, 0.6) is 5.75 Å². The van der Waals surface area contributed by atoms with Crippen LogP contribution in [0.1, 0.15) is 30.4 Å². The first-order chi connectivity index (χ1) is 9.65. The molecule has 1 amide bonds. The molecule has 1 aromatic carbocycles. The van der Waals surface area contributed by atoms with Crippen LogP contribution in [-0.4, -0.2) is 29.8 Å². The van der Waals surface area contributed by atoms with Gasteiger partial charge in [0.25, 0.3) is 0 Å². The number of nitrogens with one attached hydrogen (secondary N) is 1. The van der Waals surface area contributed by atoms with E-state index in [1.54, 1.807) is 6.08 Å². The predicted molar refractivity (Wildman–Crippen MR) is 76.5 cm³/mol. The Bertz CT molecular complexity index is 547. The molecular weight excluding hydrogens is 254 g/mol. The zero-order chi connectivity index (χ0) is 14.0. The molecule has 0 unspecified atom stereocenters. The molecule has 0 saturated heterocycles. The summed E-state index contributed by atoms with van der Waals surface area (Å²) in [6.07, 6.45) is 6.83. The molecule has 106 valence electrons. The standard InChI is InChI=1S/C16H19NO3/c18-15(17-11-16(19)7-1-8-16)5-3-12-2-4-14-13(10-12)6-9-20-14/h2-5,10,19H,1,6-9,11H2,(H,17,18). The molecule has 0 spiro atoms. The van der Waals surface area contributed by atoms with Crippen LogP contribution in [0.3, 0.4) is 0 Å². The van der Waals surface area contributed by atoms with Crippen LogP contribution >= 0.6 is 0 Å². The Morgan fingerprint density at radius 1 is 1.45 bits per heavy atom. The van der Waals surface area contributed by atoms with Crippen molar-refractivity contribution in [1.29, 1.82) is 0 Å². The van der Waals surface area contributed by atoms with E-state index in [1.807, 2.05) is 18.2 Å². The molecular formula is C16H19NO3. The summed E-state index contributed by atoms with van der Waals surface area (Å²) in [7, 11) is 0. The van der Waals surface area contributed by atoms with Gasteiger partial charge in [0.1, 0.15) is 5.75 Å². The van der Waals surface area contributed by atoms with Gasteiger partial charge in [-0.15, -0.1) is 0 Å². The van der Waals surface area contributed by atoms with E-state index in [9.17, 15) is 9.90 Å². The number of aliphatic hydroxyl groups is 1. The predicted octanol–water partition coefficient (Wildman–Crippen LogP) is 1.67. The van der Waals surface area contributed by atoms with E-state index in [2.05, 4.69) is 5.32 Å². The summed E-state index contributed by atoms with van der Waals surface area (Å²) in [6, 6.07) is 5.93. The van der Waals surface area contributed by atoms with Crippen LogP contribution < -0.4 is 10.1 Å². The highest BCUT2D eigenvalue weighted by Crippen LogP contribution is 2.30. The van der Waals surface area contributed by atoms with Gasteiger partial charge in [-0.1, -0.05) is 6.07 Å². The van der Waals surface area contributed by atoms with E-state index in [-0.39, 0.29) is 5.91 Å². The maximum absolute atomic E-state index is 11.7. The van der Waals surface area contributed by atoms with Crippen LogP contribution in [0.25, 0.3) is 6.08 Å². The smallest absolute Gasteiger partial charge is 0.244 e. The number of amides is 1. The van der Waals surface area contributed by atoms with Crippen molar-refractivity contribution in [2.24, 2.45) is 0 Å². The minimum atomic E-state index is -0.672. The van der Waals surface area contributed by atoms with Crippen molar-refractivity contribution in [1.82, 2.24) is 5.32 Å². The Morgan fingerprint density at radius 2 is 2.30 bits per heavy atom. The maximum atomic E-state index is 11.7. The van der Waals surface area contributed by atoms with Crippen LogP contribution in [0, 0.1) is 0 Å². The van der Waals surface area contributed by atoms with Crippen molar-refractivity contribution < 1.29 is 14.6 Å². The van der Waals surface area contributed by atoms with Crippen LogP contribution in [0.4, 0.5) is 0 Å². The number of hydrogen-bond acceptors (Lipinski definition) is 3. The molecule has 1 aromatic rings. The van der Waals surface area contributed by atoms with Gasteiger partial charge >= 0.3 is 0 Å². The Labute approximate surface area is 118 Å². The lowest BCUT2D eigenvalue weighted by Crippen LogP contribution is -2.47. The fraction of sp³-hybridized carbons (Fsp3) is 0.438. The molecule has 0 atom stereocenters. The summed E-state index contributed by atoms with van der Waals surface area (Å²) >= 11 is 0. The summed E-state index contributed by atoms with van der Waals surface area (Å²) in [5.74, 6) is 0.779. The molecule has 4 nitrogen and oxygen atoms in total. The molecule has 3 rings (SSSR count). The number of ether oxygens (including phenoxy) is 1. The molecule has 20 heavy (non-hydrogen) atoms. The summed E-state index contributed by atoms with van der Waals surface area (Å²) in [5, 5.41) is 12.6. The summed E-state index contributed by atoms with van der Waals surface area (Å²) < 4.78 is 5.44. The number of carbonyl (C=O) groups is 1. The Hall–Kier alpha value is -1.81. The summed E-state index contributed by atoms with van der Waals surface area (Å²) in [5.41, 5.74) is 1.51. The molecule has 0 bridgehead atoms. The second-order valence-corrected chi connectivity index (χ2v) is 5.59. The lowest BCUT2D eigenvalue weighted by atomic mass is 9.80. The van der Waals surface area contributed by atoms with Crippen molar-refractivity contribution in [3.8, 4) is 5.75 Å². The average Bonchev–Trinajstić information content (AvgIpc) is 2.88. The SMILES string of the molecule is O=C(C=Cc1ccc2c(c1)CCO2)NCC1(O)CCC1. The minimum absolute atomic E-state index is 0.165. The topological polar surface area (TPSA) is 58.6 Å². The Kier molecular flexibility index (Phi) is 3.49. The van der Waals surface area contributed by atoms with E-state index < -0.39 is 5.60 Å². The molecule has 1 heterocycles. The molecule has 2 aliphatic rings. The molecule has 1 fully saturated rings. The second-order valence-electron chi connectivity index (χ2n) is 5.59. The third kappa shape index (κ3) is 2.85. The number of hydrogen-bond donors (Lipinski definition) is 2. The third-order valence-electron chi connectivity index (χ3n) is 4.02. The van der Waals surface area contributed by atoms with Gasteiger partial charge in [0.2, 0.25) is 5.91 Å². The highest BCUT2D eigenvalue weighted by molar-refractivity contribution is 5.91. The zero-order valence-corrected chi connectivity index (χ0v) is 11.4. The molecule has 4 heteroatoms. The van der Waals surface area contributed by atoms with Gasteiger partial charge in [-0.2, -0.15) is 0 Å². The summed E-state index contributed by atoms with van der Waals surface area (Å²) in [6.45, 7) is 1.08. The lowest BCUT2D eigenvalue weighted by molar-refractivity contribution is -0.118. The van der Waals surface area contributed by atoms with Gasteiger partial charge in [-0.05, 0) is 48.6 Å². The van der Waals surface area contributed by atoms with Gasteiger partial charge in [-0.25, -0.2) is 0 Å². The molecule has 0 radical (unpaired) electrons. The lowest BCUT2D eigenvalue weighted by Gasteiger charge is -2.36. The monoisotopic (exact) mass is 273 g/mol. The maximum Gasteiger partial charge on any atom is 0.244 e. The van der Waals surface area contributed by atoms with E-state index in [1.165, 1.54) is 11.6 Å². The first kappa shape index (κ1) is 13.2. The highest BCUT2D eigenvalue weighted by Gasteiger charge is 2.34. The van der Waals surface area contributed by atoms with Crippen molar-refractivity contribution in [3.63, 3.8) is 0 Å². The molecule has 1 aliphatic carbocycles. The molecule has 1 saturated carbocycles. The Morgan fingerprint density at radius 3 is 3.05 bits per heavy atom. The fourth-order valence-electron chi connectivity index (χ4n) is 2.55. The first-order valence-electron chi connectivity index (χ1n) is 7.09. The van der Waals surface area contributed by atoms with Crippen LogP contribution in [-0.2, 0) is 11.2 Å². The zero-order valence-electron chi connectivity index (χ0n) is 11.4. The van der Waals surface area contributed by atoms with E-state index in [0.717, 1.165) is 43.6 Å². The van der Waals surface area contributed by atoms with Crippen molar-refractivity contribution in [2.45, 2.75) is 31.3 Å². The third-order valence-corrected chi connectivity index (χ3v) is 4.02. The molecule has 0 aromatic heterocycles.